The van der Waals surface area contributed by atoms with Gasteiger partial charge in [-0.2, -0.15) is 0 Å². The van der Waals surface area contributed by atoms with E-state index in [1.165, 1.54) is 18.2 Å². The summed E-state index contributed by atoms with van der Waals surface area (Å²) in [5, 5.41) is 20.0. The Morgan fingerprint density at radius 1 is 1.23 bits per heavy atom. The summed E-state index contributed by atoms with van der Waals surface area (Å²) < 4.78 is 6.95. The quantitative estimate of drug-likeness (QED) is 0.361. The van der Waals surface area contributed by atoms with Crippen molar-refractivity contribution in [3.05, 3.63) is 64.8 Å². The number of benzene rings is 2. The second-order valence-corrected chi connectivity index (χ2v) is 6.57. The normalized spacial score (nSPS) is 10.3. The first-order chi connectivity index (χ1) is 10.4. The van der Waals surface area contributed by atoms with Crippen molar-refractivity contribution in [2.75, 3.05) is 0 Å². The Kier molecular flexibility index (Phi) is 5.56. The van der Waals surface area contributed by atoms with Crippen LogP contribution in [-0.4, -0.2) is 16.0 Å². The van der Waals surface area contributed by atoms with Crippen LogP contribution >= 0.6 is 45.2 Å². The van der Waals surface area contributed by atoms with Gasteiger partial charge < -0.3 is 9.84 Å². The SMILES string of the molecule is O=C(O)c1cc(I)c(OCc2ccccc2[N+](=O)[O-])c(I)c1. The number of rotatable bonds is 5. The van der Waals surface area contributed by atoms with Gasteiger partial charge in [0.25, 0.3) is 5.69 Å². The maximum atomic E-state index is 11.0. The number of nitrogens with zero attached hydrogens (tertiary/aromatic N) is 1. The van der Waals surface area contributed by atoms with Crippen LogP contribution in [0.5, 0.6) is 5.75 Å². The molecule has 0 aliphatic rings. The lowest BCUT2D eigenvalue weighted by molar-refractivity contribution is -0.385. The Hall–Kier alpha value is -1.43. The summed E-state index contributed by atoms with van der Waals surface area (Å²) >= 11 is 3.97. The molecule has 0 spiro atoms. The van der Waals surface area contributed by atoms with Gasteiger partial charge in [0, 0.05) is 6.07 Å². The van der Waals surface area contributed by atoms with E-state index < -0.39 is 10.9 Å². The van der Waals surface area contributed by atoms with Crippen LogP contribution in [0.1, 0.15) is 15.9 Å². The summed E-state index contributed by atoms with van der Waals surface area (Å²) in [6, 6.07) is 9.34. The van der Waals surface area contributed by atoms with Gasteiger partial charge in [-0.25, -0.2) is 4.79 Å². The number of halogens is 2. The molecule has 2 rings (SSSR count). The highest BCUT2D eigenvalue weighted by Crippen LogP contribution is 2.30. The lowest BCUT2D eigenvalue weighted by Crippen LogP contribution is -2.04. The maximum Gasteiger partial charge on any atom is 0.335 e. The van der Waals surface area contributed by atoms with Crippen LogP contribution in [0.4, 0.5) is 5.69 Å². The molecule has 0 heterocycles. The number of carboxylic acid groups (broad SMARTS) is 1. The predicted molar refractivity (Wildman–Crippen MR) is 96.3 cm³/mol. The van der Waals surface area contributed by atoms with Crippen molar-refractivity contribution in [2.45, 2.75) is 6.61 Å². The molecule has 0 aromatic heterocycles. The highest BCUT2D eigenvalue weighted by atomic mass is 127. The molecule has 22 heavy (non-hydrogen) atoms. The van der Waals surface area contributed by atoms with E-state index in [9.17, 15) is 14.9 Å². The fourth-order valence-electron chi connectivity index (χ4n) is 1.78. The first kappa shape index (κ1) is 16.9. The molecule has 0 atom stereocenters. The minimum atomic E-state index is -1.01. The second-order valence-electron chi connectivity index (χ2n) is 4.25. The zero-order chi connectivity index (χ0) is 16.3. The van der Waals surface area contributed by atoms with E-state index in [4.69, 9.17) is 9.84 Å². The Balaban J connectivity index is 2.26. The molecule has 114 valence electrons. The number of aromatic carboxylic acids is 1. The monoisotopic (exact) mass is 525 g/mol. The second kappa shape index (κ2) is 7.22. The largest absolute Gasteiger partial charge is 0.486 e. The van der Waals surface area contributed by atoms with Crippen molar-refractivity contribution in [3.63, 3.8) is 0 Å². The van der Waals surface area contributed by atoms with Gasteiger partial charge in [-0.3, -0.25) is 10.1 Å². The van der Waals surface area contributed by atoms with Crippen molar-refractivity contribution in [1.29, 1.82) is 0 Å². The van der Waals surface area contributed by atoms with E-state index >= 15 is 0 Å². The summed E-state index contributed by atoms with van der Waals surface area (Å²) in [6.45, 7) is 0.0373. The lowest BCUT2D eigenvalue weighted by Gasteiger charge is -2.11. The van der Waals surface area contributed by atoms with E-state index in [2.05, 4.69) is 0 Å². The number of nitro benzene ring substituents is 1. The molecule has 2 aromatic rings. The number of carboxylic acids is 1. The molecule has 8 heteroatoms. The lowest BCUT2D eigenvalue weighted by atomic mass is 10.2. The Morgan fingerprint density at radius 3 is 2.36 bits per heavy atom. The maximum absolute atomic E-state index is 11.0. The molecular formula is C14H9I2NO5. The molecule has 0 fully saturated rings. The molecule has 0 bridgehead atoms. The van der Waals surface area contributed by atoms with Gasteiger partial charge in [-0.15, -0.1) is 0 Å². The summed E-state index contributed by atoms with van der Waals surface area (Å²) in [5.41, 5.74) is 0.628. The average molecular weight is 525 g/mol. The molecule has 0 aliphatic heterocycles. The first-order valence-corrected chi connectivity index (χ1v) is 8.13. The summed E-state index contributed by atoms with van der Waals surface area (Å²) in [7, 11) is 0. The Labute approximate surface area is 152 Å². The highest BCUT2D eigenvalue weighted by molar-refractivity contribution is 14.1. The third-order valence-electron chi connectivity index (χ3n) is 2.81. The van der Waals surface area contributed by atoms with Gasteiger partial charge in [0.05, 0.1) is 23.2 Å². The third kappa shape index (κ3) is 3.85. The number of carbonyl (C=O) groups is 1. The van der Waals surface area contributed by atoms with Gasteiger partial charge in [-0.1, -0.05) is 12.1 Å². The van der Waals surface area contributed by atoms with Crippen molar-refractivity contribution >= 4 is 56.8 Å². The topological polar surface area (TPSA) is 89.7 Å². The Morgan fingerprint density at radius 2 is 1.82 bits per heavy atom. The van der Waals surface area contributed by atoms with Crippen molar-refractivity contribution < 1.29 is 19.6 Å². The van der Waals surface area contributed by atoms with E-state index in [0.29, 0.717) is 18.5 Å². The summed E-state index contributed by atoms with van der Waals surface area (Å²) in [5.74, 6) is -0.495. The molecule has 0 radical (unpaired) electrons. The molecule has 0 saturated carbocycles. The molecule has 0 aliphatic carbocycles. The number of hydrogen-bond donors (Lipinski definition) is 1. The van der Waals surface area contributed by atoms with Crippen LogP contribution in [0.25, 0.3) is 0 Å². The van der Waals surface area contributed by atoms with Gasteiger partial charge in [0.2, 0.25) is 0 Å². The van der Waals surface area contributed by atoms with E-state index in [1.54, 1.807) is 18.2 Å². The molecule has 6 nitrogen and oxygen atoms in total. The summed E-state index contributed by atoms with van der Waals surface area (Å²) in [6.07, 6.45) is 0. The third-order valence-corrected chi connectivity index (χ3v) is 4.41. The fraction of sp³-hybridized carbons (Fsp3) is 0.0714. The van der Waals surface area contributed by atoms with E-state index in [0.717, 1.165) is 0 Å². The summed E-state index contributed by atoms with van der Waals surface area (Å²) in [4.78, 5) is 21.5. The zero-order valence-electron chi connectivity index (χ0n) is 11.0. The highest BCUT2D eigenvalue weighted by Gasteiger charge is 2.16. The van der Waals surface area contributed by atoms with Crippen LogP contribution < -0.4 is 4.74 Å². The van der Waals surface area contributed by atoms with E-state index in [1.807, 2.05) is 45.2 Å². The standard InChI is InChI=1S/C14H9I2NO5/c15-10-5-9(14(18)19)6-11(16)13(10)22-7-8-3-1-2-4-12(8)17(20)21/h1-6H,7H2,(H,18,19). The minimum absolute atomic E-state index is 0.00493. The van der Waals surface area contributed by atoms with Crippen LogP contribution in [0.15, 0.2) is 36.4 Å². The first-order valence-electron chi connectivity index (χ1n) is 5.97. The number of hydrogen-bond acceptors (Lipinski definition) is 4. The molecule has 1 N–H and O–H groups in total. The smallest absolute Gasteiger partial charge is 0.335 e. The minimum Gasteiger partial charge on any atom is -0.486 e. The molecule has 0 amide bonds. The van der Waals surface area contributed by atoms with Crippen LogP contribution in [0.2, 0.25) is 0 Å². The van der Waals surface area contributed by atoms with Gasteiger partial charge in [-0.05, 0) is 63.4 Å². The molecule has 0 unspecified atom stereocenters. The molecule has 0 saturated heterocycles. The van der Waals surface area contributed by atoms with Crippen LogP contribution in [0, 0.1) is 17.3 Å². The Bertz CT molecular complexity index is 725. The van der Waals surface area contributed by atoms with Gasteiger partial charge in [0.1, 0.15) is 12.4 Å². The fourth-order valence-corrected chi connectivity index (χ4v) is 3.86. The van der Waals surface area contributed by atoms with Crippen LogP contribution in [-0.2, 0) is 6.61 Å². The van der Waals surface area contributed by atoms with Crippen LogP contribution in [0.3, 0.4) is 0 Å². The molecular weight excluding hydrogens is 516 g/mol. The van der Waals surface area contributed by atoms with Crippen molar-refractivity contribution in [3.8, 4) is 5.75 Å². The van der Waals surface area contributed by atoms with Gasteiger partial charge >= 0.3 is 5.97 Å². The number of nitro groups is 1. The average Bonchev–Trinajstić information content (AvgIpc) is 2.46. The molecule has 2 aromatic carbocycles. The zero-order valence-corrected chi connectivity index (χ0v) is 15.3. The van der Waals surface area contributed by atoms with Crippen molar-refractivity contribution in [2.24, 2.45) is 0 Å². The van der Waals surface area contributed by atoms with E-state index in [-0.39, 0.29) is 17.9 Å². The predicted octanol–water partition coefficient (Wildman–Crippen LogP) is 4.08. The number of para-hydroxylation sites is 1. The van der Waals surface area contributed by atoms with Gasteiger partial charge in [0.15, 0.2) is 0 Å². The number of ether oxygens (including phenoxy) is 1. The van der Waals surface area contributed by atoms with Crippen molar-refractivity contribution in [1.82, 2.24) is 0 Å².